The zero-order valence-electron chi connectivity index (χ0n) is 10.3. The van der Waals surface area contributed by atoms with E-state index in [0.717, 1.165) is 6.54 Å². The summed E-state index contributed by atoms with van der Waals surface area (Å²) in [6.07, 6.45) is 1.72. The molecular formula is C13H15N3O2. The third-order valence-corrected chi connectivity index (χ3v) is 2.62. The Balaban J connectivity index is 2.19. The number of phenols is 1. The highest BCUT2D eigenvalue weighted by atomic mass is 16.3. The van der Waals surface area contributed by atoms with Crippen molar-refractivity contribution in [2.45, 2.75) is 20.4 Å². The van der Waals surface area contributed by atoms with Gasteiger partial charge in [-0.25, -0.2) is 0 Å². The normalized spacial score (nSPS) is 10.3. The molecule has 0 saturated heterocycles. The fourth-order valence-electron chi connectivity index (χ4n) is 1.68. The zero-order chi connectivity index (χ0) is 13.1. The number of anilines is 1. The van der Waals surface area contributed by atoms with Crippen LogP contribution in [0.5, 0.6) is 5.75 Å². The molecule has 1 aromatic carbocycles. The molecule has 0 atom stereocenters. The number of hydrogen-bond donors (Lipinski definition) is 2. The van der Waals surface area contributed by atoms with Crippen molar-refractivity contribution < 1.29 is 9.90 Å². The lowest BCUT2D eigenvalue weighted by Gasteiger charge is -2.04. The van der Waals surface area contributed by atoms with Gasteiger partial charge in [0.15, 0.2) is 0 Å². The average molecular weight is 245 g/mol. The first kappa shape index (κ1) is 12.2. The van der Waals surface area contributed by atoms with E-state index in [1.54, 1.807) is 36.0 Å². The Morgan fingerprint density at radius 1 is 1.50 bits per heavy atom. The molecule has 1 amide bonds. The highest BCUT2D eigenvalue weighted by Gasteiger charge is 2.13. The van der Waals surface area contributed by atoms with Crippen molar-refractivity contribution >= 4 is 11.6 Å². The molecule has 0 aliphatic heterocycles. The largest absolute Gasteiger partial charge is 0.508 e. The number of aryl methyl sites for hydroxylation is 2. The zero-order valence-corrected chi connectivity index (χ0v) is 10.3. The number of amides is 1. The number of phenolic OH excluding ortho intramolecular Hbond substituents is 1. The maximum atomic E-state index is 12.0. The minimum atomic E-state index is -0.224. The number of carbonyl (C=O) groups excluding carboxylic acids is 1. The lowest BCUT2D eigenvalue weighted by atomic mass is 10.2. The Hall–Kier alpha value is -2.30. The van der Waals surface area contributed by atoms with Crippen LogP contribution in [0.2, 0.25) is 0 Å². The fraction of sp³-hybridized carbons (Fsp3) is 0.231. The summed E-state index contributed by atoms with van der Waals surface area (Å²) in [7, 11) is 0. The highest BCUT2D eigenvalue weighted by molar-refractivity contribution is 6.04. The van der Waals surface area contributed by atoms with E-state index in [2.05, 4.69) is 10.4 Å². The molecule has 1 aromatic heterocycles. The summed E-state index contributed by atoms with van der Waals surface area (Å²) in [4.78, 5) is 12.0. The Morgan fingerprint density at radius 3 is 2.89 bits per heavy atom. The van der Waals surface area contributed by atoms with Gasteiger partial charge >= 0.3 is 0 Å². The number of rotatable bonds is 3. The summed E-state index contributed by atoms with van der Waals surface area (Å²) in [6, 6.07) is 6.44. The minimum absolute atomic E-state index is 0.119. The molecule has 2 N–H and O–H groups in total. The number of aromatic hydroxyl groups is 1. The van der Waals surface area contributed by atoms with Gasteiger partial charge in [-0.05, 0) is 26.0 Å². The van der Waals surface area contributed by atoms with Gasteiger partial charge < -0.3 is 10.4 Å². The molecule has 0 aliphatic rings. The lowest BCUT2D eigenvalue weighted by Crippen LogP contribution is -2.12. The maximum Gasteiger partial charge on any atom is 0.259 e. The lowest BCUT2D eigenvalue weighted by molar-refractivity contribution is 0.102. The van der Waals surface area contributed by atoms with E-state index in [-0.39, 0.29) is 11.7 Å². The Morgan fingerprint density at radius 2 is 2.28 bits per heavy atom. The molecule has 0 radical (unpaired) electrons. The molecule has 94 valence electrons. The van der Waals surface area contributed by atoms with Gasteiger partial charge in [-0.15, -0.1) is 0 Å². The fourth-order valence-corrected chi connectivity index (χ4v) is 1.68. The van der Waals surface area contributed by atoms with E-state index in [0.29, 0.717) is 16.9 Å². The van der Waals surface area contributed by atoms with Gasteiger partial charge in [0, 0.05) is 24.5 Å². The second-order valence-corrected chi connectivity index (χ2v) is 3.99. The van der Waals surface area contributed by atoms with E-state index in [1.807, 2.05) is 6.92 Å². The summed E-state index contributed by atoms with van der Waals surface area (Å²) >= 11 is 0. The van der Waals surface area contributed by atoms with Crippen LogP contribution in [0.1, 0.15) is 23.0 Å². The summed E-state index contributed by atoms with van der Waals surface area (Å²) < 4.78 is 1.71. The molecule has 2 rings (SSSR count). The van der Waals surface area contributed by atoms with E-state index in [9.17, 15) is 9.90 Å². The number of hydrogen-bond acceptors (Lipinski definition) is 3. The van der Waals surface area contributed by atoms with Gasteiger partial charge in [-0.2, -0.15) is 5.10 Å². The standard InChI is InChI=1S/C13H15N3O2/c1-3-16-8-12(9(2)15-16)13(18)14-10-5-4-6-11(17)7-10/h4-8,17H,3H2,1-2H3,(H,14,18). The van der Waals surface area contributed by atoms with Gasteiger partial charge in [-0.3, -0.25) is 9.48 Å². The third-order valence-electron chi connectivity index (χ3n) is 2.62. The first-order chi connectivity index (χ1) is 8.60. The van der Waals surface area contributed by atoms with Gasteiger partial charge in [-0.1, -0.05) is 6.07 Å². The summed E-state index contributed by atoms with van der Waals surface area (Å²) in [6.45, 7) is 4.48. The van der Waals surface area contributed by atoms with E-state index < -0.39 is 0 Å². The molecule has 1 heterocycles. The van der Waals surface area contributed by atoms with Crippen molar-refractivity contribution in [1.82, 2.24) is 9.78 Å². The van der Waals surface area contributed by atoms with Crippen LogP contribution in [0, 0.1) is 6.92 Å². The van der Waals surface area contributed by atoms with Crippen molar-refractivity contribution in [3.63, 3.8) is 0 Å². The van der Waals surface area contributed by atoms with E-state index >= 15 is 0 Å². The molecule has 18 heavy (non-hydrogen) atoms. The summed E-state index contributed by atoms with van der Waals surface area (Å²) in [5, 5.41) is 16.3. The molecule has 5 nitrogen and oxygen atoms in total. The first-order valence-electron chi connectivity index (χ1n) is 5.74. The smallest absolute Gasteiger partial charge is 0.259 e. The van der Waals surface area contributed by atoms with E-state index in [1.165, 1.54) is 6.07 Å². The predicted molar refractivity (Wildman–Crippen MR) is 68.7 cm³/mol. The highest BCUT2D eigenvalue weighted by Crippen LogP contribution is 2.17. The van der Waals surface area contributed by atoms with Crippen LogP contribution in [0.3, 0.4) is 0 Å². The van der Waals surface area contributed by atoms with E-state index in [4.69, 9.17) is 0 Å². The van der Waals surface area contributed by atoms with Crippen molar-refractivity contribution in [3.05, 3.63) is 41.7 Å². The number of nitrogens with one attached hydrogen (secondary N) is 1. The van der Waals surface area contributed by atoms with Crippen LogP contribution in [-0.4, -0.2) is 20.8 Å². The molecule has 0 fully saturated rings. The topological polar surface area (TPSA) is 67.2 Å². The van der Waals surface area contributed by atoms with Crippen LogP contribution in [0.25, 0.3) is 0 Å². The quantitative estimate of drug-likeness (QED) is 0.870. The second kappa shape index (κ2) is 4.91. The van der Waals surface area contributed by atoms with Gasteiger partial charge in [0.05, 0.1) is 11.3 Å². The van der Waals surface area contributed by atoms with Crippen molar-refractivity contribution in [2.75, 3.05) is 5.32 Å². The molecule has 0 aliphatic carbocycles. The van der Waals surface area contributed by atoms with Crippen molar-refractivity contribution in [3.8, 4) is 5.75 Å². The van der Waals surface area contributed by atoms with Crippen LogP contribution in [-0.2, 0) is 6.54 Å². The molecule has 0 unspecified atom stereocenters. The number of aromatic nitrogens is 2. The maximum absolute atomic E-state index is 12.0. The molecule has 0 spiro atoms. The van der Waals surface area contributed by atoms with Crippen LogP contribution in [0.4, 0.5) is 5.69 Å². The Kier molecular flexibility index (Phi) is 3.32. The molecule has 0 bridgehead atoms. The Bertz CT molecular complexity index is 575. The predicted octanol–water partition coefficient (Wildman–Crippen LogP) is 2.17. The third kappa shape index (κ3) is 2.51. The number of nitrogens with zero attached hydrogens (tertiary/aromatic N) is 2. The molecular weight excluding hydrogens is 230 g/mol. The van der Waals surface area contributed by atoms with Crippen molar-refractivity contribution in [2.24, 2.45) is 0 Å². The summed E-state index contributed by atoms with van der Waals surface area (Å²) in [5.74, 6) is -0.105. The van der Waals surface area contributed by atoms with Gasteiger partial charge in [0.1, 0.15) is 5.75 Å². The van der Waals surface area contributed by atoms with Crippen LogP contribution < -0.4 is 5.32 Å². The second-order valence-electron chi connectivity index (χ2n) is 3.99. The minimum Gasteiger partial charge on any atom is -0.508 e. The average Bonchev–Trinajstić information content (AvgIpc) is 2.70. The van der Waals surface area contributed by atoms with Gasteiger partial charge in [0.2, 0.25) is 0 Å². The molecule has 5 heteroatoms. The summed E-state index contributed by atoms with van der Waals surface area (Å²) in [5.41, 5.74) is 1.79. The Labute approximate surface area is 105 Å². The van der Waals surface area contributed by atoms with Crippen LogP contribution >= 0.6 is 0 Å². The monoisotopic (exact) mass is 245 g/mol. The van der Waals surface area contributed by atoms with Gasteiger partial charge in [0.25, 0.3) is 5.91 Å². The molecule has 2 aromatic rings. The van der Waals surface area contributed by atoms with Crippen LogP contribution in [0.15, 0.2) is 30.5 Å². The number of carbonyl (C=O) groups is 1. The SMILES string of the molecule is CCn1cc(C(=O)Nc2cccc(O)c2)c(C)n1. The molecule has 0 saturated carbocycles. The van der Waals surface area contributed by atoms with Crippen molar-refractivity contribution in [1.29, 1.82) is 0 Å². The first-order valence-corrected chi connectivity index (χ1v) is 5.74. The number of benzene rings is 1.